The summed E-state index contributed by atoms with van der Waals surface area (Å²) in [5.74, 6) is -1.13. The summed E-state index contributed by atoms with van der Waals surface area (Å²) in [7, 11) is 0. The number of esters is 1. The Morgan fingerprint density at radius 3 is 2.36 bits per heavy atom. The lowest BCUT2D eigenvalue weighted by atomic mass is 10.1. The van der Waals surface area contributed by atoms with Crippen LogP contribution in [0, 0.1) is 6.92 Å². The zero-order chi connectivity index (χ0) is 20.8. The number of nitrogens with zero attached hydrogens (tertiary/aromatic N) is 1. The zero-order valence-electron chi connectivity index (χ0n) is 16.8. The van der Waals surface area contributed by atoms with Crippen LogP contribution in [0.2, 0.25) is 0 Å². The largest absolute Gasteiger partial charge is 0.459 e. The van der Waals surface area contributed by atoms with Crippen molar-refractivity contribution in [2.45, 2.75) is 46.7 Å². The van der Waals surface area contributed by atoms with Gasteiger partial charge in [-0.05, 0) is 64.4 Å². The fourth-order valence-corrected chi connectivity index (χ4v) is 2.93. The number of hydrogen-bond acceptors (Lipinski definition) is 5. The van der Waals surface area contributed by atoms with Crippen molar-refractivity contribution in [1.82, 2.24) is 4.90 Å². The molecule has 1 heterocycles. The molecule has 7 nitrogen and oxygen atoms in total. The van der Waals surface area contributed by atoms with E-state index in [-0.39, 0.29) is 35.9 Å². The van der Waals surface area contributed by atoms with Crippen LogP contribution in [-0.4, -0.2) is 41.4 Å². The number of ether oxygens (including phenoxy) is 1. The number of hydrogen-bond donors (Lipinski definition) is 1. The van der Waals surface area contributed by atoms with Gasteiger partial charge in [-0.3, -0.25) is 9.59 Å². The van der Waals surface area contributed by atoms with E-state index in [0.29, 0.717) is 5.69 Å². The second kappa shape index (κ2) is 9.21. The highest BCUT2D eigenvalue weighted by atomic mass is 16.5. The van der Waals surface area contributed by atoms with Crippen LogP contribution in [-0.2, 0) is 9.53 Å². The van der Waals surface area contributed by atoms with Gasteiger partial charge in [-0.1, -0.05) is 6.07 Å². The van der Waals surface area contributed by atoms with E-state index in [4.69, 9.17) is 9.15 Å². The third kappa shape index (κ3) is 5.22. The Kier molecular flexibility index (Phi) is 6.98. The fraction of sp³-hybridized carbons (Fsp3) is 0.381. The monoisotopic (exact) mass is 386 g/mol. The van der Waals surface area contributed by atoms with E-state index in [0.717, 1.165) is 5.56 Å². The molecule has 2 aromatic rings. The van der Waals surface area contributed by atoms with Gasteiger partial charge < -0.3 is 19.4 Å². The van der Waals surface area contributed by atoms with Gasteiger partial charge >= 0.3 is 5.97 Å². The van der Waals surface area contributed by atoms with Crippen molar-refractivity contribution in [3.63, 3.8) is 0 Å². The maximum absolute atomic E-state index is 12.4. The second-order valence-electron chi connectivity index (χ2n) is 7.03. The summed E-state index contributed by atoms with van der Waals surface area (Å²) >= 11 is 0. The number of amides is 2. The van der Waals surface area contributed by atoms with Gasteiger partial charge in [-0.25, -0.2) is 4.79 Å². The number of carbonyl (C=O) groups excluding carboxylic acids is 3. The van der Waals surface area contributed by atoms with Gasteiger partial charge in [0.2, 0.25) is 0 Å². The highest BCUT2D eigenvalue weighted by Gasteiger charge is 2.22. The predicted molar refractivity (Wildman–Crippen MR) is 105 cm³/mol. The third-order valence-corrected chi connectivity index (χ3v) is 4.19. The highest BCUT2D eigenvalue weighted by molar-refractivity contribution is 6.03. The lowest BCUT2D eigenvalue weighted by molar-refractivity contribution is -0.138. The summed E-state index contributed by atoms with van der Waals surface area (Å²) in [6, 6.07) is 7.99. The highest BCUT2D eigenvalue weighted by Crippen LogP contribution is 2.19. The first kappa shape index (κ1) is 21.2. The van der Waals surface area contributed by atoms with E-state index in [9.17, 15) is 14.4 Å². The summed E-state index contributed by atoms with van der Waals surface area (Å²) < 4.78 is 10.2. The standard InChI is InChI=1S/C21H26N2O5/c1-13(2)23(14(3)4)19(24)12-28-21(26)16-9-8-15(5)17(11-16)22-20(25)18-7-6-10-27-18/h6-11,13-14H,12H2,1-5H3,(H,22,25). The molecular formula is C21H26N2O5. The van der Waals surface area contributed by atoms with Crippen LogP contribution >= 0.6 is 0 Å². The van der Waals surface area contributed by atoms with Gasteiger partial charge in [0, 0.05) is 17.8 Å². The number of anilines is 1. The maximum Gasteiger partial charge on any atom is 0.338 e. The molecule has 0 aliphatic heterocycles. The molecule has 0 saturated carbocycles. The number of benzene rings is 1. The number of rotatable bonds is 7. The molecule has 7 heteroatoms. The van der Waals surface area contributed by atoms with Crippen LogP contribution in [0.5, 0.6) is 0 Å². The number of carbonyl (C=O) groups is 3. The van der Waals surface area contributed by atoms with Crippen molar-refractivity contribution in [2.24, 2.45) is 0 Å². The molecule has 0 aliphatic carbocycles. The average molecular weight is 386 g/mol. The minimum atomic E-state index is -0.630. The molecule has 1 N–H and O–H groups in total. The van der Waals surface area contributed by atoms with E-state index in [1.807, 2.05) is 27.7 Å². The van der Waals surface area contributed by atoms with Crippen LogP contribution in [0.4, 0.5) is 5.69 Å². The lowest BCUT2D eigenvalue weighted by Crippen LogP contribution is -2.44. The van der Waals surface area contributed by atoms with E-state index >= 15 is 0 Å². The molecule has 150 valence electrons. The first-order valence-electron chi connectivity index (χ1n) is 9.14. The number of aryl methyl sites for hydroxylation is 1. The minimum Gasteiger partial charge on any atom is -0.459 e. The van der Waals surface area contributed by atoms with E-state index in [1.165, 1.54) is 12.3 Å². The van der Waals surface area contributed by atoms with Crippen molar-refractivity contribution in [3.8, 4) is 0 Å². The summed E-state index contributed by atoms with van der Waals surface area (Å²) in [6.45, 7) is 9.11. The quantitative estimate of drug-likeness (QED) is 0.734. The lowest BCUT2D eigenvalue weighted by Gasteiger charge is -2.30. The Labute approximate surface area is 164 Å². The SMILES string of the molecule is Cc1ccc(C(=O)OCC(=O)N(C(C)C)C(C)C)cc1NC(=O)c1ccco1. The van der Waals surface area contributed by atoms with Crippen LogP contribution in [0.3, 0.4) is 0 Å². The molecule has 28 heavy (non-hydrogen) atoms. The predicted octanol–water partition coefficient (Wildman–Crippen LogP) is 3.64. The Bertz CT molecular complexity index is 832. The van der Waals surface area contributed by atoms with Gasteiger partial charge in [0.05, 0.1) is 11.8 Å². The first-order valence-corrected chi connectivity index (χ1v) is 9.14. The smallest absolute Gasteiger partial charge is 0.338 e. The summed E-state index contributed by atoms with van der Waals surface area (Å²) in [5, 5.41) is 2.71. The molecule has 1 aromatic carbocycles. The molecule has 0 unspecified atom stereocenters. The molecule has 2 rings (SSSR count). The molecular weight excluding hydrogens is 360 g/mol. The fourth-order valence-electron chi connectivity index (χ4n) is 2.93. The Morgan fingerprint density at radius 2 is 1.79 bits per heavy atom. The molecule has 0 saturated heterocycles. The molecule has 1 aromatic heterocycles. The maximum atomic E-state index is 12.4. The van der Waals surface area contributed by atoms with Crippen molar-refractivity contribution in [3.05, 3.63) is 53.5 Å². The summed E-state index contributed by atoms with van der Waals surface area (Å²) in [5.41, 5.74) is 1.49. The number of nitrogens with one attached hydrogen (secondary N) is 1. The Balaban J connectivity index is 2.05. The van der Waals surface area contributed by atoms with Crippen molar-refractivity contribution < 1.29 is 23.5 Å². The molecule has 0 aliphatic rings. The molecule has 2 amide bonds. The topological polar surface area (TPSA) is 88.9 Å². The average Bonchev–Trinajstić information content (AvgIpc) is 3.15. The van der Waals surface area contributed by atoms with Gasteiger partial charge in [-0.2, -0.15) is 0 Å². The van der Waals surface area contributed by atoms with Gasteiger partial charge in [0.15, 0.2) is 12.4 Å². The Morgan fingerprint density at radius 1 is 1.11 bits per heavy atom. The van der Waals surface area contributed by atoms with Crippen LogP contribution < -0.4 is 5.32 Å². The minimum absolute atomic E-state index is 0.00833. The molecule has 0 bridgehead atoms. The number of furan rings is 1. The van der Waals surface area contributed by atoms with Crippen molar-refractivity contribution >= 4 is 23.5 Å². The van der Waals surface area contributed by atoms with Gasteiger partial charge in [0.25, 0.3) is 11.8 Å². The second-order valence-corrected chi connectivity index (χ2v) is 7.03. The first-order chi connectivity index (χ1) is 13.2. The van der Waals surface area contributed by atoms with Crippen LogP contribution in [0.25, 0.3) is 0 Å². The van der Waals surface area contributed by atoms with E-state index in [2.05, 4.69) is 5.32 Å². The van der Waals surface area contributed by atoms with Crippen molar-refractivity contribution in [1.29, 1.82) is 0 Å². The Hall–Kier alpha value is -3.09. The molecule has 0 radical (unpaired) electrons. The van der Waals surface area contributed by atoms with E-state index in [1.54, 1.807) is 36.1 Å². The summed E-state index contributed by atoms with van der Waals surface area (Å²) in [4.78, 5) is 38.5. The van der Waals surface area contributed by atoms with Crippen molar-refractivity contribution in [2.75, 3.05) is 11.9 Å². The normalized spacial score (nSPS) is 10.8. The van der Waals surface area contributed by atoms with Crippen LogP contribution in [0.15, 0.2) is 41.0 Å². The molecule has 0 fully saturated rings. The molecule has 0 atom stereocenters. The van der Waals surface area contributed by atoms with E-state index < -0.39 is 11.9 Å². The van der Waals surface area contributed by atoms with Gasteiger partial charge in [-0.15, -0.1) is 0 Å². The summed E-state index contributed by atoms with van der Waals surface area (Å²) in [6.07, 6.45) is 1.41. The zero-order valence-corrected chi connectivity index (χ0v) is 16.8. The van der Waals surface area contributed by atoms with Gasteiger partial charge in [0.1, 0.15) is 0 Å². The van der Waals surface area contributed by atoms with Crippen LogP contribution in [0.1, 0.15) is 54.2 Å². The third-order valence-electron chi connectivity index (χ3n) is 4.19. The molecule has 0 spiro atoms.